The van der Waals surface area contributed by atoms with Gasteiger partial charge < -0.3 is 10.4 Å². The summed E-state index contributed by atoms with van der Waals surface area (Å²) < 4.78 is 0.732. The summed E-state index contributed by atoms with van der Waals surface area (Å²) >= 11 is 8.94. The molecule has 0 radical (unpaired) electrons. The number of aliphatic hydroxyl groups excluding tert-OH is 1. The van der Waals surface area contributed by atoms with E-state index >= 15 is 0 Å². The van der Waals surface area contributed by atoms with Gasteiger partial charge in [0.1, 0.15) is 5.82 Å². The van der Waals surface area contributed by atoms with Crippen LogP contribution in [0.15, 0.2) is 10.7 Å². The first-order chi connectivity index (χ1) is 7.13. The standard InChI is InChI=1S/C9H13BrClN3O/c1-2-3-6(15)4-12-8-7(10)5-13-9(11)14-8/h5-6,15H,2-4H2,1H3,(H,12,13,14). The first kappa shape index (κ1) is 12.7. The summed E-state index contributed by atoms with van der Waals surface area (Å²) in [4.78, 5) is 7.80. The number of hydrogen-bond donors (Lipinski definition) is 2. The Morgan fingerprint density at radius 2 is 2.40 bits per heavy atom. The Morgan fingerprint density at radius 3 is 3.07 bits per heavy atom. The third-order valence-electron chi connectivity index (χ3n) is 1.84. The minimum Gasteiger partial charge on any atom is -0.391 e. The van der Waals surface area contributed by atoms with E-state index in [4.69, 9.17) is 11.6 Å². The number of nitrogens with zero attached hydrogens (tertiary/aromatic N) is 2. The molecule has 1 aromatic rings. The second-order valence-corrected chi connectivity index (χ2v) is 4.35. The van der Waals surface area contributed by atoms with Crippen LogP contribution < -0.4 is 5.32 Å². The second kappa shape index (κ2) is 6.25. The third-order valence-corrected chi connectivity index (χ3v) is 2.60. The molecule has 0 aliphatic carbocycles. The summed E-state index contributed by atoms with van der Waals surface area (Å²) in [5, 5.41) is 12.7. The van der Waals surface area contributed by atoms with Crippen molar-refractivity contribution in [3.63, 3.8) is 0 Å². The number of halogens is 2. The van der Waals surface area contributed by atoms with Crippen molar-refractivity contribution in [2.75, 3.05) is 11.9 Å². The van der Waals surface area contributed by atoms with Gasteiger partial charge in [0.15, 0.2) is 0 Å². The van der Waals surface area contributed by atoms with Crippen molar-refractivity contribution in [2.24, 2.45) is 0 Å². The highest BCUT2D eigenvalue weighted by Gasteiger charge is 2.06. The van der Waals surface area contributed by atoms with Crippen molar-refractivity contribution in [3.8, 4) is 0 Å². The Bertz CT molecular complexity index is 324. The lowest BCUT2D eigenvalue weighted by atomic mass is 10.2. The molecule has 84 valence electrons. The van der Waals surface area contributed by atoms with Crippen LogP contribution in [0.4, 0.5) is 5.82 Å². The predicted octanol–water partition coefficient (Wildman–Crippen LogP) is 2.47. The summed E-state index contributed by atoms with van der Waals surface area (Å²) in [6, 6.07) is 0. The van der Waals surface area contributed by atoms with E-state index in [2.05, 4.69) is 31.2 Å². The molecule has 1 rings (SSSR count). The average molecular weight is 295 g/mol. The molecule has 15 heavy (non-hydrogen) atoms. The highest BCUT2D eigenvalue weighted by atomic mass is 79.9. The smallest absolute Gasteiger partial charge is 0.224 e. The number of aliphatic hydroxyl groups is 1. The van der Waals surface area contributed by atoms with Crippen LogP contribution in [-0.4, -0.2) is 27.7 Å². The Hall–Kier alpha value is -0.390. The number of hydrogen-bond acceptors (Lipinski definition) is 4. The minimum atomic E-state index is -0.365. The van der Waals surface area contributed by atoms with Crippen molar-refractivity contribution >= 4 is 33.3 Å². The molecule has 2 N–H and O–H groups in total. The Labute approximate surface area is 102 Å². The zero-order valence-electron chi connectivity index (χ0n) is 8.37. The van der Waals surface area contributed by atoms with E-state index in [1.165, 1.54) is 0 Å². The van der Waals surface area contributed by atoms with Gasteiger partial charge in [0.05, 0.1) is 10.6 Å². The van der Waals surface area contributed by atoms with Crippen molar-refractivity contribution in [1.82, 2.24) is 9.97 Å². The van der Waals surface area contributed by atoms with E-state index in [0.29, 0.717) is 12.4 Å². The summed E-state index contributed by atoms with van der Waals surface area (Å²) in [5.41, 5.74) is 0. The van der Waals surface area contributed by atoms with Gasteiger partial charge in [-0.2, -0.15) is 4.98 Å². The Balaban J connectivity index is 2.53. The maximum Gasteiger partial charge on any atom is 0.224 e. The molecule has 1 unspecified atom stereocenters. The minimum absolute atomic E-state index is 0.186. The van der Waals surface area contributed by atoms with E-state index in [1.54, 1.807) is 6.20 Å². The molecule has 6 heteroatoms. The molecule has 0 spiro atoms. The number of nitrogens with one attached hydrogen (secondary N) is 1. The molecule has 0 aliphatic rings. The van der Waals surface area contributed by atoms with Gasteiger partial charge in [0.2, 0.25) is 5.28 Å². The average Bonchev–Trinajstić information content (AvgIpc) is 2.20. The van der Waals surface area contributed by atoms with Crippen molar-refractivity contribution < 1.29 is 5.11 Å². The van der Waals surface area contributed by atoms with Crippen LogP contribution >= 0.6 is 27.5 Å². The molecule has 0 aromatic carbocycles. The Morgan fingerprint density at radius 1 is 1.67 bits per heavy atom. The molecule has 1 aromatic heterocycles. The van der Waals surface area contributed by atoms with Gasteiger partial charge in [-0.25, -0.2) is 4.98 Å². The molecule has 0 saturated carbocycles. The lowest BCUT2D eigenvalue weighted by Gasteiger charge is -2.11. The molecule has 0 saturated heterocycles. The molecule has 4 nitrogen and oxygen atoms in total. The van der Waals surface area contributed by atoms with Gasteiger partial charge in [-0.1, -0.05) is 13.3 Å². The van der Waals surface area contributed by atoms with Crippen molar-refractivity contribution in [2.45, 2.75) is 25.9 Å². The van der Waals surface area contributed by atoms with E-state index < -0.39 is 0 Å². The van der Waals surface area contributed by atoms with Gasteiger partial charge >= 0.3 is 0 Å². The molecule has 1 atom stereocenters. The predicted molar refractivity (Wildman–Crippen MR) is 64.1 cm³/mol. The quantitative estimate of drug-likeness (QED) is 0.819. The number of aromatic nitrogens is 2. The normalized spacial score (nSPS) is 12.5. The van der Waals surface area contributed by atoms with E-state index in [0.717, 1.165) is 17.3 Å². The van der Waals surface area contributed by atoms with Gasteiger partial charge in [0, 0.05) is 12.7 Å². The van der Waals surface area contributed by atoms with Crippen LogP contribution in [0.5, 0.6) is 0 Å². The third kappa shape index (κ3) is 4.32. The molecular formula is C9H13BrClN3O. The molecule has 0 bridgehead atoms. The number of anilines is 1. The molecular weight excluding hydrogens is 281 g/mol. The first-order valence-electron chi connectivity index (χ1n) is 4.73. The van der Waals surface area contributed by atoms with Crippen LogP contribution in [-0.2, 0) is 0 Å². The summed E-state index contributed by atoms with van der Waals surface area (Å²) in [6.45, 7) is 2.49. The summed E-state index contributed by atoms with van der Waals surface area (Å²) in [7, 11) is 0. The van der Waals surface area contributed by atoms with E-state index in [9.17, 15) is 5.11 Å². The van der Waals surface area contributed by atoms with Gasteiger partial charge in [-0.3, -0.25) is 0 Å². The highest BCUT2D eigenvalue weighted by Crippen LogP contribution is 2.19. The SMILES string of the molecule is CCCC(O)CNc1nc(Cl)ncc1Br. The van der Waals surface area contributed by atoms with E-state index in [-0.39, 0.29) is 11.4 Å². The molecule has 0 amide bonds. The van der Waals surface area contributed by atoms with Gasteiger partial charge in [-0.15, -0.1) is 0 Å². The zero-order valence-corrected chi connectivity index (χ0v) is 10.7. The largest absolute Gasteiger partial charge is 0.391 e. The maximum atomic E-state index is 9.52. The fraction of sp³-hybridized carbons (Fsp3) is 0.556. The lowest BCUT2D eigenvalue weighted by Crippen LogP contribution is -2.19. The topological polar surface area (TPSA) is 58.0 Å². The van der Waals surface area contributed by atoms with Crippen LogP contribution in [0.25, 0.3) is 0 Å². The van der Waals surface area contributed by atoms with Gasteiger partial charge in [0.25, 0.3) is 0 Å². The molecule has 0 fully saturated rings. The molecule has 0 aliphatic heterocycles. The lowest BCUT2D eigenvalue weighted by molar-refractivity contribution is 0.176. The van der Waals surface area contributed by atoms with Crippen LogP contribution in [0.1, 0.15) is 19.8 Å². The van der Waals surface area contributed by atoms with Crippen molar-refractivity contribution in [3.05, 3.63) is 16.0 Å². The highest BCUT2D eigenvalue weighted by molar-refractivity contribution is 9.10. The Kier molecular flexibility index (Phi) is 5.28. The van der Waals surface area contributed by atoms with Crippen LogP contribution in [0, 0.1) is 0 Å². The number of rotatable bonds is 5. The summed E-state index contributed by atoms with van der Waals surface area (Å²) in [5.74, 6) is 0.602. The van der Waals surface area contributed by atoms with Gasteiger partial charge in [-0.05, 0) is 34.0 Å². The maximum absolute atomic E-state index is 9.52. The van der Waals surface area contributed by atoms with Crippen molar-refractivity contribution in [1.29, 1.82) is 0 Å². The van der Waals surface area contributed by atoms with Crippen LogP contribution in [0.2, 0.25) is 5.28 Å². The summed E-state index contributed by atoms with van der Waals surface area (Å²) in [6.07, 6.45) is 2.93. The second-order valence-electron chi connectivity index (χ2n) is 3.16. The fourth-order valence-electron chi connectivity index (χ4n) is 1.12. The fourth-order valence-corrected chi connectivity index (χ4v) is 1.58. The monoisotopic (exact) mass is 293 g/mol. The van der Waals surface area contributed by atoms with E-state index in [1.807, 2.05) is 6.92 Å². The van der Waals surface area contributed by atoms with Crippen LogP contribution in [0.3, 0.4) is 0 Å². The zero-order chi connectivity index (χ0) is 11.3. The first-order valence-corrected chi connectivity index (χ1v) is 5.90. The molecule has 1 heterocycles.